The SMILES string of the molecule is CCOc1ccc2c(c1)sc(=NC(=S)NC(=O)c1ccc(S(=O)(=O)N(C)C)cc1)n2C. The molecule has 0 bridgehead atoms. The van der Waals surface area contributed by atoms with Crippen molar-refractivity contribution in [3.63, 3.8) is 0 Å². The van der Waals surface area contributed by atoms with E-state index in [1.807, 2.05) is 36.7 Å². The zero-order valence-electron chi connectivity index (χ0n) is 17.4. The number of carbonyl (C=O) groups excluding carboxylic acids is 1. The number of amides is 1. The summed E-state index contributed by atoms with van der Waals surface area (Å²) < 4.78 is 33.8. The zero-order chi connectivity index (χ0) is 22.8. The molecule has 1 N–H and O–H groups in total. The number of nitrogens with one attached hydrogen (secondary N) is 1. The predicted octanol–water partition coefficient (Wildman–Crippen LogP) is 2.50. The van der Waals surface area contributed by atoms with Crippen LogP contribution in [0.2, 0.25) is 0 Å². The molecule has 3 rings (SSSR count). The molecule has 0 aliphatic carbocycles. The number of carbonyl (C=O) groups is 1. The number of hydrogen-bond acceptors (Lipinski definition) is 6. The van der Waals surface area contributed by atoms with Crippen LogP contribution in [0, 0.1) is 0 Å². The van der Waals surface area contributed by atoms with Crippen LogP contribution in [0.4, 0.5) is 0 Å². The molecule has 11 heteroatoms. The molecule has 0 atom stereocenters. The molecule has 164 valence electrons. The summed E-state index contributed by atoms with van der Waals surface area (Å²) in [6.07, 6.45) is 0. The van der Waals surface area contributed by atoms with Gasteiger partial charge in [-0.2, -0.15) is 4.99 Å². The van der Waals surface area contributed by atoms with Gasteiger partial charge < -0.3 is 9.30 Å². The van der Waals surface area contributed by atoms with Gasteiger partial charge in [-0.05, 0) is 61.6 Å². The number of thiocarbonyl (C=S) groups is 1. The van der Waals surface area contributed by atoms with Crippen LogP contribution in [-0.2, 0) is 17.1 Å². The number of fused-ring (bicyclic) bond motifs is 1. The van der Waals surface area contributed by atoms with Crippen molar-refractivity contribution >= 4 is 54.8 Å². The molecule has 2 aromatic carbocycles. The van der Waals surface area contributed by atoms with Crippen molar-refractivity contribution in [3.8, 4) is 5.75 Å². The maximum absolute atomic E-state index is 12.5. The Balaban J connectivity index is 1.79. The van der Waals surface area contributed by atoms with Gasteiger partial charge in [-0.1, -0.05) is 11.3 Å². The number of benzene rings is 2. The monoisotopic (exact) mass is 478 g/mol. The van der Waals surface area contributed by atoms with E-state index in [4.69, 9.17) is 17.0 Å². The largest absolute Gasteiger partial charge is 0.494 e. The van der Waals surface area contributed by atoms with Crippen molar-refractivity contribution in [2.75, 3.05) is 20.7 Å². The number of thiazole rings is 1. The van der Waals surface area contributed by atoms with E-state index in [0.717, 1.165) is 20.3 Å². The lowest BCUT2D eigenvalue weighted by molar-refractivity contribution is 0.0977. The van der Waals surface area contributed by atoms with Crippen LogP contribution in [0.3, 0.4) is 0 Å². The summed E-state index contributed by atoms with van der Waals surface area (Å²) in [6, 6.07) is 11.4. The molecule has 1 amide bonds. The van der Waals surface area contributed by atoms with E-state index in [1.54, 1.807) is 0 Å². The quantitative estimate of drug-likeness (QED) is 0.569. The lowest BCUT2D eigenvalue weighted by Gasteiger charge is -2.11. The molecular weight excluding hydrogens is 456 g/mol. The molecule has 0 unspecified atom stereocenters. The van der Waals surface area contributed by atoms with E-state index in [0.29, 0.717) is 11.4 Å². The second-order valence-electron chi connectivity index (χ2n) is 6.69. The highest BCUT2D eigenvalue weighted by atomic mass is 32.2. The maximum Gasteiger partial charge on any atom is 0.257 e. The molecule has 0 radical (unpaired) electrons. The van der Waals surface area contributed by atoms with E-state index in [9.17, 15) is 13.2 Å². The minimum Gasteiger partial charge on any atom is -0.494 e. The van der Waals surface area contributed by atoms with E-state index >= 15 is 0 Å². The molecule has 0 fully saturated rings. The van der Waals surface area contributed by atoms with Crippen molar-refractivity contribution in [2.45, 2.75) is 11.8 Å². The van der Waals surface area contributed by atoms with Gasteiger partial charge in [-0.3, -0.25) is 10.1 Å². The highest BCUT2D eigenvalue weighted by Crippen LogP contribution is 2.22. The van der Waals surface area contributed by atoms with E-state index in [2.05, 4.69) is 10.3 Å². The summed E-state index contributed by atoms with van der Waals surface area (Å²) in [7, 11) is 1.20. The fourth-order valence-corrected chi connectivity index (χ4v) is 4.94. The highest BCUT2D eigenvalue weighted by Gasteiger charge is 2.17. The Bertz CT molecular complexity index is 1310. The van der Waals surface area contributed by atoms with Gasteiger partial charge >= 0.3 is 0 Å². The maximum atomic E-state index is 12.5. The van der Waals surface area contributed by atoms with Gasteiger partial charge in [0.15, 0.2) is 4.80 Å². The number of aromatic nitrogens is 1. The van der Waals surface area contributed by atoms with Gasteiger partial charge in [0.2, 0.25) is 15.1 Å². The van der Waals surface area contributed by atoms with Crippen molar-refractivity contribution in [3.05, 3.63) is 52.8 Å². The first-order chi connectivity index (χ1) is 14.6. The highest BCUT2D eigenvalue weighted by molar-refractivity contribution is 7.89. The molecule has 0 aliphatic rings. The van der Waals surface area contributed by atoms with Crippen LogP contribution >= 0.6 is 23.6 Å². The van der Waals surface area contributed by atoms with Gasteiger partial charge in [0.05, 0.1) is 21.7 Å². The summed E-state index contributed by atoms with van der Waals surface area (Å²) in [6.45, 7) is 2.51. The first-order valence-electron chi connectivity index (χ1n) is 9.28. The first-order valence-corrected chi connectivity index (χ1v) is 11.9. The molecule has 1 aromatic heterocycles. The van der Waals surface area contributed by atoms with E-state index in [-0.39, 0.29) is 15.6 Å². The second-order valence-corrected chi connectivity index (χ2v) is 10.2. The summed E-state index contributed by atoms with van der Waals surface area (Å²) in [4.78, 5) is 17.6. The van der Waals surface area contributed by atoms with Crippen LogP contribution in [-0.4, -0.2) is 49.0 Å². The standard InChI is InChI=1S/C20H22N4O4S3/c1-5-28-14-8-11-16-17(12-14)30-20(24(16)4)22-19(29)21-18(25)13-6-9-15(10-7-13)31(26,27)23(2)3/h6-12H,5H2,1-4H3,(H,21,25,29). The van der Waals surface area contributed by atoms with Gasteiger partial charge in [-0.25, -0.2) is 12.7 Å². The molecule has 31 heavy (non-hydrogen) atoms. The number of sulfonamides is 1. The lowest BCUT2D eigenvalue weighted by atomic mass is 10.2. The van der Waals surface area contributed by atoms with Gasteiger partial charge in [-0.15, -0.1) is 0 Å². The molecule has 1 heterocycles. The van der Waals surface area contributed by atoms with Crippen LogP contribution < -0.4 is 14.9 Å². The Morgan fingerprint density at radius 2 is 1.90 bits per heavy atom. The molecule has 0 spiro atoms. The Hall–Kier alpha value is -2.60. The van der Waals surface area contributed by atoms with Crippen LogP contribution in [0.1, 0.15) is 17.3 Å². The van der Waals surface area contributed by atoms with Gasteiger partial charge in [0.1, 0.15) is 5.75 Å². The van der Waals surface area contributed by atoms with Gasteiger partial charge in [0.25, 0.3) is 5.91 Å². The minimum atomic E-state index is -3.56. The predicted molar refractivity (Wildman–Crippen MR) is 125 cm³/mol. The fraction of sp³-hybridized carbons (Fsp3) is 0.250. The summed E-state index contributed by atoms with van der Waals surface area (Å²) >= 11 is 6.66. The third-order valence-electron chi connectivity index (χ3n) is 4.40. The topological polar surface area (TPSA) is 93.0 Å². The Kier molecular flexibility index (Phi) is 6.90. The van der Waals surface area contributed by atoms with Crippen LogP contribution in [0.5, 0.6) is 5.75 Å². The average Bonchev–Trinajstić information content (AvgIpc) is 3.02. The average molecular weight is 479 g/mol. The molecule has 0 saturated heterocycles. The van der Waals surface area contributed by atoms with Gasteiger partial charge in [0, 0.05) is 26.7 Å². The van der Waals surface area contributed by atoms with Crippen LogP contribution in [0.15, 0.2) is 52.4 Å². The van der Waals surface area contributed by atoms with E-state index in [1.165, 1.54) is 49.7 Å². The third kappa shape index (κ3) is 5.01. The molecule has 3 aromatic rings. The second kappa shape index (κ2) is 9.27. The molecule has 0 saturated carbocycles. The van der Waals surface area contributed by atoms with Crippen molar-refractivity contribution < 1.29 is 17.9 Å². The fourth-order valence-electron chi connectivity index (χ4n) is 2.75. The van der Waals surface area contributed by atoms with Crippen molar-refractivity contribution in [1.29, 1.82) is 0 Å². The minimum absolute atomic E-state index is 0.0159. The Morgan fingerprint density at radius 3 is 2.52 bits per heavy atom. The number of nitrogens with zero attached hydrogens (tertiary/aromatic N) is 3. The Labute approximate surface area is 189 Å². The smallest absolute Gasteiger partial charge is 0.257 e. The normalized spacial score (nSPS) is 12.4. The summed E-state index contributed by atoms with van der Waals surface area (Å²) in [5.74, 6) is 0.309. The number of rotatable bonds is 5. The molecule has 0 aliphatic heterocycles. The number of aryl methyl sites for hydroxylation is 1. The van der Waals surface area contributed by atoms with Crippen molar-refractivity contribution in [1.82, 2.24) is 14.2 Å². The van der Waals surface area contributed by atoms with Crippen LogP contribution in [0.25, 0.3) is 10.2 Å². The number of ether oxygens (including phenoxy) is 1. The number of hydrogen-bond donors (Lipinski definition) is 1. The lowest BCUT2D eigenvalue weighted by Crippen LogP contribution is -2.29. The molecular formula is C20H22N4O4S3. The van der Waals surface area contributed by atoms with E-state index < -0.39 is 15.9 Å². The first kappa shape index (κ1) is 23.1. The Morgan fingerprint density at radius 1 is 1.23 bits per heavy atom. The van der Waals surface area contributed by atoms with Crippen molar-refractivity contribution in [2.24, 2.45) is 12.0 Å². The summed E-state index contributed by atoms with van der Waals surface area (Å²) in [5.41, 5.74) is 1.25. The third-order valence-corrected chi connectivity index (χ3v) is 7.52. The zero-order valence-corrected chi connectivity index (χ0v) is 19.9. The summed E-state index contributed by atoms with van der Waals surface area (Å²) in [5, 5.41) is 2.58. The molecule has 8 nitrogen and oxygen atoms in total.